The minimum Gasteiger partial charge on any atom is -0.465 e. The third-order valence-electron chi connectivity index (χ3n) is 9.33. The van der Waals surface area contributed by atoms with Gasteiger partial charge in [0.1, 0.15) is 6.10 Å². The number of aliphatic hydroxyl groups excluding tert-OH is 1. The van der Waals surface area contributed by atoms with Crippen molar-refractivity contribution in [2.75, 3.05) is 6.61 Å². The second kappa shape index (κ2) is 6.65. The first-order valence-corrected chi connectivity index (χ1v) is 10.8. The summed E-state index contributed by atoms with van der Waals surface area (Å²) in [7, 11) is 0. The average Bonchev–Trinajstić information content (AvgIpc) is 2.99. The molecule has 3 saturated carbocycles. The number of ether oxygens (including phenoxy) is 1. The summed E-state index contributed by atoms with van der Waals surface area (Å²) in [6.45, 7) is 8.25. The highest BCUT2D eigenvalue weighted by Crippen LogP contribution is 2.66. The first-order valence-electron chi connectivity index (χ1n) is 10.8. The van der Waals surface area contributed by atoms with Gasteiger partial charge in [0.2, 0.25) is 0 Å². The maximum absolute atomic E-state index is 10.8. The van der Waals surface area contributed by atoms with Crippen LogP contribution < -0.4 is 0 Å². The average molecular weight is 361 g/mol. The number of allylic oxidation sites excluding steroid dienone is 2. The fourth-order valence-electron chi connectivity index (χ4n) is 7.78. The number of carbonyl (C=O) groups is 1. The lowest BCUT2D eigenvalue weighted by atomic mass is 9.47. The van der Waals surface area contributed by atoms with Crippen LogP contribution in [0.4, 0.5) is 0 Å². The molecule has 1 N–H and O–H groups in total. The van der Waals surface area contributed by atoms with Crippen molar-refractivity contribution in [2.24, 2.45) is 40.4 Å². The van der Waals surface area contributed by atoms with Crippen LogP contribution in [-0.4, -0.2) is 24.3 Å². The Labute approximate surface area is 158 Å². The zero-order chi connectivity index (χ0) is 18.5. The number of hydrogen-bond donors (Lipinski definition) is 1. The molecule has 3 heteroatoms. The number of carbonyl (C=O) groups excluding carboxylic acids is 1. The molecule has 146 valence electrons. The summed E-state index contributed by atoms with van der Waals surface area (Å²) in [5.41, 5.74) is 2.53. The standard InChI is InChI=1S/C23H36O3/c1-15(13-24)19-6-7-20-18-5-4-16-12-17(26-14-25)8-10-22(16,2)21(18)9-11-23(19,20)3/h5,14-17,19-21,24H,4,6-13H2,1-3H3/t15-,16?,17+,19?,20?,21?,22+,23-/m1/s1. The van der Waals surface area contributed by atoms with E-state index in [-0.39, 0.29) is 6.10 Å². The molecule has 3 fully saturated rings. The summed E-state index contributed by atoms with van der Waals surface area (Å²) in [6.07, 6.45) is 12.4. The van der Waals surface area contributed by atoms with Gasteiger partial charge in [-0.15, -0.1) is 0 Å². The van der Waals surface area contributed by atoms with E-state index in [0.29, 0.717) is 41.7 Å². The van der Waals surface area contributed by atoms with Gasteiger partial charge in [-0.05, 0) is 91.8 Å². The third kappa shape index (κ3) is 2.60. The quantitative estimate of drug-likeness (QED) is 0.582. The summed E-state index contributed by atoms with van der Waals surface area (Å²) >= 11 is 0. The Morgan fingerprint density at radius 2 is 1.92 bits per heavy atom. The van der Waals surface area contributed by atoms with Crippen LogP contribution in [0.5, 0.6) is 0 Å². The molecule has 4 aliphatic rings. The van der Waals surface area contributed by atoms with Gasteiger partial charge in [-0.25, -0.2) is 0 Å². The zero-order valence-corrected chi connectivity index (χ0v) is 16.7. The Balaban J connectivity index is 1.59. The lowest BCUT2D eigenvalue weighted by Gasteiger charge is -2.57. The smallest absolute Gasteiger partial charge is 0.293 e. The minimum absolute atomic E-state index is 0.135. The fourth-order valence-corrected chi connectivity index (χ4v) is 7.78. The van der Waals surface area contributed by atoms with Crippen molar-refractivity contribution in [2.45, 2.75) is 78.2 Å². The molecule has 8 atom stereocenters. The first-order chi connectivity index (χ1) is 12.4. The Morgan fingerprint density at radius 3 is 2.65 bits per heavy atom. The van der Waals surface area contributed by atoms with E-state index < -0.39 is 0 Å². The Bertz CT molecular complexity index is 584. The van der Waals surface area contributed by atoms with Crippen molar-refractivity contribution in [1.29, 1.82) is 0 Å². The molecule has 0 radical (unpaired) electrons. The number of fused-ring (bicyclic) bond motifs is 5. The van der Waals surface area contributed by atoms with Crippen molar-refractivity contribution in [3.8, 4) is 0 Å². The Morgan fingerprint density at radius 1 is 1.19 bits per heavy atom. The molecule has 0 amide bonds. The molecule has 0 aromatic carbocycles. The van der Waals surface area contributed by atoms with Gasteiger partial charge in [-0.1, -0.05) is 32.4 Å². The van der Waals surface area contributed by atoms with Crippen molar-refractivity contribution < 1.29 is 14.6 Å². The molecule has 4 unspecified atom stereocenters. The fraction of sp³-hybridized carbons (Fsp3) is 0.870. The highest BCUT2D eigenvalue weighted by Gasteiger charge is 2.58. The van der Waals surface area contributed by atoms with Gasteiger partial charge in [0, 0.05) is 6.61 Å². The van der Waals surface area contributed by atoms with Crippen molar-refractivity contribution in [3.63, 3.8) is 0 Å². The van der Waals surface area contributed by atoms with E-state index >= 15 is 0 Å². The highest BCUT2D eigenvalue weighted by atomic mass is 16.5. The van der Waals surface area contributed by atoms with Crippen LogP contribution in [0.25, 0.3) is 0 Å². The van der Waals surface area contributed by atoms with Crippen LogP contribution >= 0.6 is 0 Å². The van der Waals surface area contributed by atoms with Crippen LogP contribution in [0.15, 0.2) is 11.6 Å². The van der Waals surface area contributed by atoms with Crippen LogP contribution in [0, 0.1) is 40.4 Å². The summed E-state index contributed by atoms with van der Waals surface area (Å²) in [4.78, 5) is 10.8. The van der Waals surface area contributed by atoms with Crippen molar-refractivity contribution in [1.82, 2.24) is 0 Å². The monoisotopic (exact) mass is 360 g/mol. The lowest BCUT2D eigenvalue weighted by molar-refractivity contribution is -0.139. The molecule has 0 spiro atoms. The van der Waals surface area contributed by atoms with E-state index in [9.17, 15) is 9.90 Å². The van der Waals surface area contributed by atoms with Gasteiger partial charge in [0.15, 0.2) is 0 Å². The van der Waals surface area contributed by atoms with E-state index in [1.54, 1.807) is 5.57 Å². The molecular formula is C23H36O3. The molecule has 4 aliphatic carbocycles. The van der Waals surface area contributed by atoms with Gasteiger partial charge in [0.05, 0.1) is 0 Å². The molecule has 3 nitrogen and oxygen atoms in total. The minimum atomic E-state index is 0.135. The lowest BCUT2D eigenvalue weighted by Crippen LogP contribution is -2.50. The van der Waals surface area contributed by atoms with Gasteiger partial charge >= 0.3 is 0 Å². The van der Waals surface area contributed by atoms with Gasteiger partial charge < -0.3 is 9.84 Å². The molecule has 0 saturated heterocycles. The zero-order valence-electron chi connectivity index (χ0n) is 16.7. The maximum Gasteiger partial charge on any atom is 0.293 e. The van der Waals surface area contributed by atoms with Crippen LogP contribution in [-0.2, 0) is 9.53 Å². The molecule has 26 heavy (non-hydrogen) atoms. The maximum atomic E-state index is 10.8. The molecular weight excluding hydrogens is 324 g/mol. The van der Waals surface area contributed by atoms with E-state index in [1.807, 2.05) is 0 Å². The summed E-state index contributed by atoms with van der Waals surface area (Å²) in [6, 6.07) is 0. The Hall–Kier alpha value is -0.830. The molecule has 0 aromatic rings. The van der Waals surface area contributed by atoms with Gasteiger partial charge in [-0.2, -0.15) is 0 Å². The number of rotatable bonds is 4. The Kier molecular flexibility index (Phi) is 4.74. The molecule has 4 rings (SSSR count). The third-order valence-corrected chi connectivity index (χ3v) is 9.33. The van der Waals surface area contributed by atoms with Crippen molar-refractivity contribution in [3.05, 3.63) is 11.6 Å². The molecule has 0 aromatic heterocycles. The van der Waals surface area contributed by atoms with Crippen molar-refractivity contribution >= 4 is 6.47 Å². The largest absolute Gasteiger partial charge is 0.465 e. The van der Waals surface area contributed by atoms with E-state index in [2.05, 4.69) is 26.8 Å². The predicted octanol–water partition coefficient (Wildman–Crippen LogP) is 4.74. The predicted molar refractivity (Wildman–Crippen MR) is 102 cm³/mol. The number of aliphatic hydroxyl groups is 1. The summed E-state index contributed by atoms with van der Waals surface area (Å²) in [5.74, 6) is 3.20. The van der Waals surface area contributed by atoms with Crippen LogP contribution in [0.1, 0.15) is 72.1 Å². The van der Waals surface area contributed by atoms with E-state index in [4.69, 9.17) is 4.74 Å². The van der Waals surface area contributed by atoms with E-state index in [0.717, 1.165) is 31.1 Å². The molecule has 0 aliphatic heterocycles. The van der Waals surface area contributed by atoms with E-state index in [1.165, 1.54) is 32.1 Å². The summed E-state index contributed by atoms with van der Waals surface area (Å²) < 4.78 is 5.33. The SMILES string of the molecule is C[C@H](CO)C1CCC2C3=CCC4C[C@@H](OC=O)CC[C@]4(C)C3CC[C@@]21C. The van der Waals surface area contributed by atoms with Crippen LogP contribution in [0.2, 0.25) is 0 Å². The van der Waals surface area contributed by atoms with Gasteiger partial charge in [-0.3, -0.25) is 4.79 Å². The summed E-state index contributed by atoms with van der Waals surface area (Å²) in [5, 5.41) is 9.75. The topological polar surface area (TPSA) is 46.5 Å². The van der Waals surface area contributed by atoms with Gasteiger partial charge in [0.25, 0.3) is 6.47 Å². The normalized spacial score (nSPS) is 48.6. The number of hydrogen-bond acceptors (Lipinski definition) is 3. The second-order valence-electron chi connectivity index (χ2n) is 10.3. The molecule has 0 bridgehead atoms. The second-order valence-corrected chi connectivity index (χ2v) is 10.3. The first kappa shape index (κ1) is 18.5. The highest BCUT2D eigenvalue weighted by molar-refractivity contribution is 5.37. The molecule has 0 heterocycles. The van der Waals surface area contributed by atoms with Crippen LogP contribution in [0.3, 0.4) is 0 Å².